The van der Waals surface area contributed by atoms with Gasteiger partial charge in [-0.2, -0.15) is 0 Å². The van der Waals surface area contributed by atoms with E-state index in [2.05, 4.69) is 14.8 Å². The summed E-state index contributed by atoms with van der Waals surface area (Å²) in [6.07, 6.45) is 0. The van der Waals surface area contributed by atoms with Crippen molar-refractivity contribution in [1.29, 1.82) is 0 Å². The van der Waals surface area contributed by atoms with E-state index in [0.717, 1.165) is 25.3 Å². The Morgan fingerprint density at radius 1 is 1.08 bits per heavy atom. The molecule has 0 spiro atoms. The van der Waals surface area contributed by atoms with Gasteiger partial charge < -0.3 is 10.1 Å². The van der Waals surface area contributed by atoms with Crippen LogP contribution in [0.5, 0.6) is 0 Å². The van der Waals surface area contributed by atoms with Crippen molar-refractivity contribution in [3.63, 3.8) is 0 Å². The molecule has 0 aliphatic rings. The third-order valence-corrected chi connectivity index (χ3v) is 4.50. The average molecular weight is 366 g/mol. The maximum atomic E-state index is 13.3. The first-order valence-electron chi connectivity index (χ1n) is 7.01. The van der Waals surface area contributed by atoms with Gasteiger partial charge in [-0.25, -0.2) is 17.6 Å². The van der Waals surface area contributed by atoms with Crippen molar-refractivity contribution in [1.82, 2.24) is 0 Å². The molecule has 7 nitrogen and oxygen atoms in total. The first kappa shape index (κ1) is 18.4. The Labute approximate surface area is 143 Å². The van der Waals surface area contributed by atoms with Crippen molar-refractivity contribution in [2.75, 3.05) is 17.1 Å². The van der Waals surface area contributed by atoms with Crippen molar-refractivity contribution < 1.29 is 27.1 Å². The molecule has 0 atom stereocenters. The molecule has 0 aliphatic heterocycles. The molecular weight excluding hydrogens is 351 g/mol. The molecule has 0 saturated carbocycles. The Morgan fingerprint density at radius 2 is 1.72 bits per heavy atom. The molecule has 2 N–H and O–H groups in total. The summed E-state index contributed by atoms with van der Waals surface area (Å²) in [5, 5.41) is 2.51. The zero-order valence-corrected chi connectivity index (χ0v) is 14.2. The highest BCUT2D eigenvalue weighted by Crippen LogP contribution is 2.23. The number of esters is 1. The zero-order chi connectivity index (χ0) is 18.6. The van der Waals surface area contributed by atoms with E-state index < -0.39 is 21.8 Å². The lowest BCUT2D eigenvalue weighted by molar-refractivity contribution is -0.114. The van der Waals surface area contributed by atoms with Gasteiger partial charge in [0, 0.05) is 12.6 Å². The Balaban J connectivity index is 2.33. The van der Waals surface area contributed by atoms with Crippen molar-refractivity contribution in [2.45, 2.75) is 11.8 Å². The molecule has 0 unspecified atom stereocenters. The number of hydrogen-bond donors (Lipinski definition) is 2. The molecule has 0 saturated heterocycles. The van der Waals surface area contributed by atoms with Crippen molar-refractivity contribution >= 4 is 33.3 Å². The first-order valence-corrected chi connectivity index (χ1v) is 8.49. The topological polar surface area (TPSA) is 102 Å². The van der Waals surface area contributed by atoms with Gasteiger partial charge in [-0.15, -0.1) is 0 Å². The van der Waals surface area contributed by atoms with Crippen LogP contribution in [0.4, 0.5) is 15.8 Å². The minimum atomic E-state index is -4.03. The summed E-state index contributed by atoms with van der Waals surface area (Å²) < 4.78 is 45.0. The van der Waals surface area contributed by atoms with Crippen LogP contribution in [0.1, 0.15) is 17.3 Å². The van der Waals surface area contributed by atoms with Gasteiger partial charge in [0.2, 0.25) is 5.91 Å². The fourth-order valence-corrected chi connectivity index (χ4v) is 3.09. The summed E-state index contributed by atoms with van der Waals surface area (Å²) in [5.41, 5.74) is 0.0728. The van der Waals surface area contributed by atoms with Crippen molar-refractivity contribution in [3.8, 4) is 0 Å². The molecule has 25 heavy (non-hydrogen) atoms. The number of carbonyl (C=O) groups excluding carboxylic acids is 2. The van der Waals surface area contributed by atoms with E-state index in [1.165, 1.54) is 31.2 Å². The number of halogens is 1. The van der Waals surface area contributed by atoms with Crippen LogP contribution < -0.4 is 10.0 Å². The number of ether oxygens (including phenoxy) is 1. The normalized spacial score (nSPS) is 10.8. The molecule has 0 aromatic heterocycles. The third kappa shape index (κ3) is 4.54. The van der Waals surface area contributed by atoms with E-state index in [1.807, 2.05) is 0 Å². The molecule has 132 valence electrons. The molecule has 0 fully saturated rings. The molecule has 2 aromatic carbocycles. The largest absolute Gasteiger partial charge is 0.465 e. The average Bonchev–Trinajstić information content (AvgIpc) is 2.55. The highest BCUT2D eigenvalue weighted by atomic mass is 32.2. The van der Waals surface area contributed by atoms with Crippen LogP contribution >= 0.6 is 0 Å². The van der Waals surface area contributed by atoms with Crippen LogP contribution in [-0.2, 0) is 19.6 Å². The molecule has 0 bridgehead atoms. The summed E-state index contributed by atoms with van der Waals surface area (Å²) >= 11 is 0. The third-order valence-electron chi connectivity index (χ3n) is 3.12. The van der Waals surface area contributed by atoms with Crippen LogP contribution in [0.2, 0.25) is 0 Å². The van der Waals surface area contributed by atoms with Gasteiger partial charge >= 0.3 is 5.97 Å². The van der Waals surface area contributed by atoms with Crippen molar-refractivity contribution in [2.24, 2.45) is 0 Å². The van der Waals surface area contributed by atoms with Crippen LogP contribution in [0.25, 0.3) is 0 Å². The fourth-order valence-electron chi connectivity index (χ4n) is 2.01. The maximum absolute atomic E-state index is 13.3. The lowest BCUT2D eigenvalue weighted by Crippen LogP contribution is -2.16. The number of amides is 1. The van der Waals surface area contributed by atoms with Gasteiger partial charge in [0.1, 0.15) is 5.82 Å². The highest BCUT2D eigenvalue weighted by molar-refractivity contribution is 7.92. The molecule has 1 amide bonds. The van der Waals surface area contributed by atoms with Crippen molar-refractivity contribution in [3.05, 3.63) is 53.8 Å². The second-order valence-electron chi connectivity index (χ2n) is 4.99. The molecule has 2 aromatic rings. The minimum absolute atomic E-state index is 0.0956. The predicted molar refractivity (Wildman–Crippen MR) is 89.3 cm³/mol. The summed E-state index contributed by atoms with van der Waals surface area (Å²) in [6, 6.07) is 8.44. The smallest absolute Gasteiger partial charge is 0.340 e. The van der Waals surface area contributed by atoms with Crippen LogP contribution in [-0.4, -0.2) is 27.4 Å². The molecular formula is C16H15FN2O5S. The number of sulfonamides is 1. The maximum Gasteiger partial charge on any atom is 0.340 e. The summed E-state index contributed by atoms with van der Waals surface area (Å²) in [7, 11) is -2.93. The summed E-state index contributed by atoms with van der Waals surface area (Å²) in [5.74, 6) is -1.87. The first-order chi connectivity index (χ1) is 11.7. The number of nitrogens with one attached hydrogen (secondary N) is 2. The second-order valence-corrected chi connectivity index (χ2v) is 6.67. The number of carbonyl (C=O) groups is 2. The SMILES string of the molecule is COC(=O)c1cc(F)ccc1NS(=O)(=O)c1ccc(NC(C)=O)cc1. The molecule has 0 heterocycles. The summed E-state index contributed by atoms with van der Waals surface area (Å²) in [4.78, 5) is 22.6. The predicted octanol–water partition coefficient (Wildman–Crippen LogP) is 2.37. The Bertz CT molecular complexity index is 911. The van der Waals surface area contributed by atoms with E-state index in [4.69, 9.17) is 0 Å². The lowest BCUT2D eigenvalue weighted by Gasteiger charge is -2.12. The Morgan fingerprint density at radius 3 is 2.28 bits per heavy atom. The molecule has 2 rings (SSSR count). The van der Waals surface area contributed by atoms with Gasteiger partial charge in [-0.05, 0) is 42.5 Å². The second kappa shape index (κ2) is 7.31. The van der Waals surface area contributed by atoms with Gasteiger partial charge in [0.05, 0.1) is 23.3 Å². The number of anilines is 2. The monoisotopic (exact) mass is 366 g/mol. The van der Waals surface area contributed by atoms with Gasteiger partial charge in [0.25, 0.3) is 10.0 Å². The highest BCUT2D eigenvalue weighted by Gasteiger charge is 2.20. The number of benzene rings is 2. The van der Waals surface area contributed by atoms with Gasteiger partial charge in [-0.3, -0.25) is 9.52 Å². The Kier molecular flexibility index (Phi) is 5.38. The quantitative estimate of drug-likeness (QED) is 0.791. The summed E-state index contributed by atoms with van der Waals surface area (Å²) in [6.45, 7) is 1.33. The van der Waals surface area contributed by atoms with E-state index in [9.17, 15) is 22.4 Å². The molecule has 0 radical (unpaired) electrons. The van der Waals surface area contributed by atoms with Crippen LogP contribution in [0.3, 0.4) is 0 Å². The number of hydrogen-bond acceptors (Lipinski definition) is 5. The van der Waals surface area contributed by atoms with E-state index >= 15 is 0 Å². The number of rotatable bonds is 5. The van der Waals surface area contributed by atoms with E-state index in [0.29, 0.717) is 5.69 Å². The van der Waals surface area contributed by atoms with Gasteiger partial charge in [-0.1, -0.05) is 0 Å². The lowest BCUT2D eigenvalue weighted by atomic mass is 10.2. The van der Waals surface area contributed by atoms with Crippen LogP contribution in [0, 0.1) is 5.82 Å². The standard InChI is InChI=1S/C16H15FN2O5S/c1-10(20)18-12-4-6-13(7-5-12)25(22,23)19-15-8-3-11(17)9-14(15)16(21)24-2/h3-9,19H,1-2H3,(H,18,20). The molecule has 0 aliphatic carbocycles. The minimum Gasteiger partial charge on any atom is -0.465 e. The number of methoxy groups -OCH3 is 1. The van der Waals surface area contributed by atoms with Gasteiger partial charge in [0.15, 0.2) is 0 Å². The van der Waals surface area contributed by atoms with E-state index in [1.54, 1.807) is 0 Å². The zero-order valence-electron chi connectivity index (χ0n) is 13.4. The van der Waals surface area contributed by atoms with Crippen LogP contribution in [0.15, 0.2) is 47.4 Å². The van der Waals surface area contributed by atoms with E-state index in [-0.39, 0.29) is 22.1 Å². The Hall–Kier alpha value is -2.94. The molecule has 9 heteroatoms. The fraction of sp³-hybridized carbons (Fsp3) is 0.125.